The summed E-state index contributed by atoms with van der Waals surface area (Å²) >= 11 is -0.882. The quantitative estimate of drug-likeness (QED) is 0.570. The number of benzene rings is 1. The minimum atomic E-state index is -0.882. The first kappa shape index (κ1) is 16.3. The third-order valence-electron chi connectivity index (χ3n) is 2.97. The summed E-state index contributed by atoms with van der Waals surface area (Å²) in [5.74, 6) is 2.70. The van der Waals surface area contributed by atoms with Crippen LogP contribution in [0.25, 0.3) is 0 Å². The minimum absolute atomic E-state index is 0.109. The van der Waals surface area contributed by atoms with E-state index in [1.165, 1.54) is 15.9 Å². The van der Waals surface area contributed by atoms with Crippen molar-refractivity contribution in [1.29, 1.82) is 0 Å². The summed E-state index contributed by atoms with van der Waals surface area (Å²) in [7, 11) is 4.28. The van der Waals surface area contributed by atoms with Gasteiger partial charge in [0, 0.05) is 0 Å². The average Bonchev–Trinajstić information content (AvgIpc) is 2.99. The number of carbonyl (C=O) groups excluding carboxylic acids is 1. The van der Waals surface area contributed by atoms with Gasteiger partial charge in [0.25, 0.3) is 0 Å². The number of unbranched alkanes of at least 4 members (excludes halogenated alkanes) is 2. The third kappa shape index (κ3) is 5.36. The van der Waals surface area contributed by atoms with Crippen LogP contribution in [0, 0.1) is 0 Å². The molecule has 3 nitrogen and oxygen atoms in total. The van der Waals surface area contributed by atoms with E-state index >= 15 is 0 Å². The molecule has 0 unspecified atom stereocenters. The van der Waals surface area contributed by atoms with Crippen molar-refractivity contribution < 1.29 is 4.79 Å². The molecule has 1 aromatic carbocycles. The zero-order valence-electron chi connectivity index (χ0n) is 11.5. The Labute approximate surface area is 132 Å². The molecule has 0 saturated carbocycles. The van der Waals surface area contributed by atoms with Gasteiger partial charge in [-0.15, -0.1) is 0 Å². The van der Waals surface area contributed by atoms with Gasteiger partial charge in [-0.1, -0.05) is 0 Å². The van der Waals surface area contributed by atoms with Crippen LogP contribution < -0.4 is 15.4 Å². The Kier molecular flexibility index (Phi) is 7.35. The molecule has 2 rings (SSSR count). The van der Waals surface area contributed by atoms with E-state index in [1.54, 1.807) is 0 Å². The van der Waals surface area contributed by atoms with Crippen molar-refractivity contribution in [2.24, 2.45) is 5.73 Å². The van der Waals surface area contributed by atoms with Gasteiger partial charge in [0.15, 0.2) is 0 Å². The molecule has 20 heavy (non-hydrogen) atoms. The molecule has 0 bridgehead atoms. The second-order valence-electron chi connectivity index (χ2n) is 4.62. The van der Waals surface area contributed by atoms with Crippen molar-refractivity contribution in [3.63, 3.8) is 0 Å². The Morgan fingerprint density at radius 3 is 2.50 bits per heavy atom. The van der Waals surface area contributed by atoms with Gasteiger partial charge in [-0.25, -0.2) is 0 Å². The number of nitrogens with two attached hydrogens (primary N) is 1. The third-order valence-corrected chi connectivity index (χ3v) is 16.7. The van der Waals surface area contributed by atoms with Crippen LogP contribution in [-0.4, -0.2) is 36.3 Å². The predicted molar refractivity (Wildman–Crippen MR) is 92.9 cm³/mol. The first-order valence-corrected chi connectivity index (χ1v) is 14.4. The van der Waals surface area contributed by atoms with Crippen molar-refractivity contribution in [3.05, 3.63) is 24.3 Å². The van der Waals surface area contributed by atoms with E-state index in [0.29, 0.717) is 13.0 Å². The molecule has 0 spiro atoms. The van der Waals surface area contributed by atoms with E-state index in [4.69, 9.17) is 5.73 Å². The fourth-order valence-corrected chi connectivity index (χ4v) is 16.0. The fourth-order valence-electron chi connectivity index (χ4n) is 1.92. The summed E-state index contributed by atoms with van der Waals surface area (Å²) in [4.78, 5) is 11.8. The van der Waals surface area contributed by atoms with Crippen LogP contribution >= 0.6 is 20.0 Å². The molecule has 1 fully saturated rings. The van der Waals surface area contributed by atoms with Gasteiger partial charge in [0.2, 0.25) is 0 Å². The predicted octanol–water partition coefficient (Wildman–Crippen LogP) is 2.32. The Bertz CT molecular complexity index is 422. The fraction of sp³-hybridized carbons (Fsp3) is 0.500. The van der Waals surface area contributed by atoms with E-state index in [9.17, 15) is 4.79 Å². The molecule has 1 heterocycles. The Morgan fingerprint density at radius 1 is 1.15 bits per heavy atom. The number of hydrogen-bond acceptors (Lipinski definition) is 4. The molecule has 1 amide bonds. The molecule has 0 aliphatic carbocycles. The first-order chi connectivity index (χ1) is 9.79. The molecule has 0 atom stereocenters. The SMILES string of the molecule is NCCCCCC(=O)Nc1ccc([As]2SCCS2)cc1. The van der Waals surface area contributed by atoms with E-state index < -0.39 is 12.3 Å². The van der Waals surface area contributed by atoms with E-state index in [1.807, 2.05) is 12.1 Å². The van der Waals surface area contributed by atoms with Gasteiger partial charge >= 0.3 is 132 Å². The topological polar surface area (TPSA) is 55.1 Å². The van der Waals surface area contributed by atoms with Gasteiger partial charge in [0.05, 0.1) is 0 Å². The van der Waals surface area contributed by atoms with Crippen LogP contribution in [0.4, 0.5) is 5.69 Å². The molecular weight excluding hydrogens is 351 g/mol. The maximum atomic E-state index is 11.8. The number of rotatable bonds is 7. The zero-order valence-corrected chi connectivity index (χ0v) is 15.0. The molecule has 110 valence electrons. The molecule has 1 saturated heterocycles. The van der Waals surface area contributed by atoms with Crippen molar-refractivity contribution in [2.75, 3.05) is 23.4 Å². The zero-order chi connectivity index (χ0) is 14.2. The van der Waals surface area contributed by atoms with Gasteiger partial charge in [-0.2, -0.15) is 0 Å². The standard InChI is InChI=1S/C14H21AsN2OS2/c16-9-3-1-2-4-14(18)17-13-7-5-12(6-8-13)15-19-10-11-20-15/h5-8H,1-4,9-11,16H2,(H,17,18). The van der Waals surface area contributed by atoms with Crippen molar-refractivity contribution in [1.82, 2.24) is 0 Å². The Balaban J connectivity index is 1.76. The van der Waals surface area contributed by atoms with E-state index in [2.05, 4.69) is 37.5 Å². The molecule has 3 N–H and O–H groups in total. The van der Waals surface area contributed by atoms with Crippen molar-refractivity contribution in [3.8, 4) is 0 Å². The summed E-state index contributed by atoms with van der Waals surface area (Å²) in [6.45, 7) is 0.713. The number of hydrogen-bond donors (Lipinski definition) is 2. The van der Waals surface area contributed by atoms with E-state index in [0.717, 1.165) is 24.9 Å². The number of carbonyl (C=O) groups is 1. The van der Waals surface area contributed by atoms with Crippen LogP contribution in [0.3, 0.4) is 0 Å². The molecule has 6 heteroatoms. The van der Waals surface area contributed by atoms with Crippen molar-refractivity contribution >= 4 is 48.3 Å². The van der Waals surface area contributed by atoms with Gasteiger partial charge in [0.1, 0.15) is 0 Å². The summed E-state index contributed by atoms with van der Waals surface area (Å²) in [5, 5.41) is 2.97. The Morgan fingerprint density at radius 2 is 1.85 bits per heavy atom. The molecule has 1 aliphatic rings. The van der Waals surface area contributed by atoms with Crippen LogP contribution in [0.5, 0.6) is 0 Å². The van der Waals surface area contributed by atoms with E-state index in [-0.39, 0.29) is 5.91 Å². The normalized spacial score (nSPS) is 15.4. The summed E-state index contributed by atoms with van der Waals surface area (Å²) in [6.07, 6.45) is 3.55. The first-order valence-electron chi connectivity index (χ1n) is 6.95. The molecule has 1 aromatic rings. The molecule has 0 radical (unpaired) electrons. The van der Waals surface area contributed by atoms with Gasteiger partial charge < -0.3 is 0 Å². The Hall–Kier alpha value is -0.0916. The number of anilines is 1. The monoisotopic (exact) mass is 372 g/mol. The average molecular weight is 372 g/mol. The molecular formula is C14H21AsN2OS2. The van der Waals surface area contributed by atoms with Crippen LogP contribution in [0.1, 0.15) is 25.7 Å². The maximum absolute atomic E-state index is 11.8. The van der Waals surface area contributed by atoms with Crippen LogP contribution in [-0.2, 0) is 4.79 Å². The van der Waals surface area contributed by atoms with Gasteiger partial charge in [-0.05, 0) is 0 Å². The summed E-state index contributed by atoms with van der Waals surface area (Å²) in [5.41, 5.74) is 6.35. The number of nitrogens with one attached hydrogen (secondary N) is 1. The van der Waals surface area contributed by atoms with Crippen LogP contribution in [0.15, 0.2) is 24.3 Å². The van der Waals surface area contributed by atoms with Gasteiger partial charge in [-0.3, -0.25) is 0 Å². The summed E-state index contributed by atoms with van der Waals surface area (Å²) in [6, 6.07) is 8.47. The molecule has 1 aliphatic heterocycles. The second kappa shape index (κ2) is 9.03. The summed E-state index contributed by atoms with van der Waals surface area (Å²) < 4.78 is 1.49. The second-order valence-corrected chi connectivity index (χ2v) is 16.4. The molecule has 0 aromatic heterocycles. The van der Waals surface area contributed by atoms with Crippen molar-refractivity contribution in [2.45, 2.75) is 25.7 Å². The number of amides is 1. The van der Waals surface area contributed by atoms with Crippen LogP contribution in [0.2, 0.25) is 0 Å².